The molecule has 5 N–H and O–H groups in total. The Kier molecular flexibility index (Phi) is 11.7. The lowest BCUT2D eigenvalue weighted by atomic mass is 10.1. The van der Waals surface area contributed by atoms with Crippen LogP contribution >= 0.6 is 0 Å². The van der Waals surface area contributed by atoms with Gasteiger partial charge in [-0.3, -0.25) is 19.2 Å². The molecular formula is C21H31N3O8. The van der Waals surface area contributed by atoms with Gasteiger partial charge in [-0.15, -0.1) is 0 Å². The zero-order valence-electron chi connectivity index (χ0n) is 18.1. The summed E-state index contributed by atoms with van der Waals surface area (Å²) in [6.45, 7) is 0.187. The molecule has 2 amide bonds. The molecule has 0 aliphatic rings. The van der Waals surface area contributed by atoms with Crippen LogP contribution in [0.2, 0.25) is 0 Å². The predicted octanol–water partition coefficient (Wildman–Crippen LogP) is 0.889. The van der Waals surface area contributed by atoms with E-state index in [9.17, 15) is 29.4 Å². The fourth-order valence-electron chi connectivity index (χ4n) is 3.03. The topological polar surface area (TPSA) is 168 Å². The summed E-state index contributed by atoms with van der Waals surface area (Å²) in [6.07, 6.45) is 0.0303. The van der Waals surface area contributed by atoms with E-state index in [-0.39, 0.29) is 70.7 Å². The predicted molar refractivity (Wildman–Crippen MR) is 118 cm³/mol. The molecule has 0 aliphatic heterocycles. The molecule has 0 aliphatic carbocycles. The van der Waals surface area contributed by atoms with Crippen molar-refractivity contribution in [3.63, 3.8) is 0 Å². The number of carboxylic acids is 2. The minimum atomic E-state index is -1.00. The number of aliphatic hydroxyl groups excluding tert-OH is 2. The number of anilines is 3. The van der Waals surface area contributed by atoms with Crippen LogP contribution in [0.5, 0.6) is 0 Å². The third kappa shape index (κ3) is 9.31. The smallest absolute Gasteiger partial charge is 0.303 e. The van der Waals surface area contributed by atoms with Gasteiger partial charge in [0.05, 0.1) is 24.6 Å². The van der Waals surface area contributed by atoms with E-state index in [1.807, 2.05) is 0 Å². The van der Waals surface area contributed by atoms with Crippen LogP contribution in [0.4, 0.5) is 17.1 Å². The second-order valence-corrected chi connectivity index (χ2v) is 7.13. The maximum Gasteiger partial charge on any atom is 0.303 e. The van der Waals surface area contributed by atoms with Gasteiger partial charge in [0.1, 0.15) is 0 Å². The van der Waals surface area contributed by atoms with Crippen LogP contribution in [-0.4, -0.2) is 77.5 Å². The highest BCUT2D eigenvalue weighted by Gasteiger charge is 2.18. The van der Waals surface area contributed by atoms with Gasteiger partial charge in [-0.1, -0.05) is 0 Å². The van der Waals surface area contributed by atoms with Gasteiger partial charge in [0.25, 0.3) is 0 Å². The Hall–Kier alpha value is -3.18. The molecule has 32 heavy (non-hydrogen) atoms. The number of nitrogens with zero attached hydrogens (tertiary/aromatic N) is 2. The molecule has 0 spiro atoms. The summed E-state index contributed by atoms with van der Waals surface area (Å²) in [5.41, 5.74) is 1.29. The third-order valence-electron chi connectivity index (χ3n) is 4.67. The first kappa shape index (κ1) is 26.9. The van der Waals surface area contributed by atoms with Gasteiger partial charge in [0.2, 0.25) is 11.8 Å². The molecule has 0 unspecified atom stereocenters. The van der Waals surface area contributed by atoms with Gasteiger partial charge >= 0.3 is 11.9 Å². The highest BCUT2D eigenvalue weighted by atomic mass is 16.4. The monoisotopic (exact) mass is 453 g/mol. The number of hydrogen-bond donors (Lipinski definition) is 5. The lowest BCUT2D eigenvalue weighted by molar-refractivity contribution is -0.138. The summed E-state index contributed by atoms with van der Waals surface area (Å²) in [7, 11) is 1.51. The van der Waals surface area contributed by atoms with Crippen LogP contribution in [0, 0.1) is 0 Å². The third-order valence-corrected chi connectivity index (χ3v) is 4.67. The number of carbonyl (C=O) groups is 4. The molecule has 1 aromatic rings. The molecular weight excluding hydrogens is 422 g/mol. The number of rotatable bonds is 15. The first-order chi connectivity index (χ1) is 15.2. The molecule has 11 nitrogen and oxygen atoms in total. The zero-order valence-corrected chi connectivity index (χ0v) is 18.1. The molecule has 0 heterocycles. The largest absolute Gasteiger partial charge is 0.481 e. The molecule has 0 bridgehead atoms. The molecule has 178 valence electrons. The summed E-state index contributed by atoms with van der Waals surface area (Å²) >= 11 is 0. The lowest BCUT2D eigenvalue weighted by Gasteiger charge is -2.26. The van der Waals surface area contributed by atoms with E-state index >= 15 is 0 Å². The molecule has 0 aromatic heterocycles. The Morgan fingerprint density at radius 2 is 1.44 bits per heavy atom. The minimum Gasteiger partial charge on any atom is -0.481 e. The van der Waals surface area contributed by atoms with E-state index in [1.54, 1.807) is 23.1 Å². The van der Waals surface area contributed by atoms with E-state index in [4.69, 9.17) is 10.2 Å². The van der Waals surface area contributed by atoms with Gasteiger partial charge in [0, 0.05) is 51.5 Å². The number of amides is 2. The van der Waals surface area contributed by atoms with E-state index in [1.165, 1.54) is 11.9 Å². The molecule has 1 rings (SSSR count). The fourth-order valence-corrected chi connectivity index (χ4v) is 3.03. The quantitative estimate of drug-likeness (QED) is 0.259. The first-order valence-electron chi connectivity index (χ1n) is 10.3. The lowest BCUT2D eigenvalue weighted by Crippen LogP contribution is -2.30. The molecule has 0 saturated carbocycles. The van der Waals surface area contributed by atoms with Crippen molar-refractivity contribution in [2.75, 3.05) is 48.5 Å². The van der Waals surface area contributed by atoms with Gasteiger partial charge < -0.3 is 35.5 Å². The van der Waals surface area contributed by atoms with Gasteiger partial charge in [-0.2, -0.15) is 0 Å². The van der Waals surface area contributed by atoms with Crippen LogP contribution < -0.4 is 15.1 Å². The van der Waals surface area contributed by atoms with E-state index in [0.29, 0.717) is 17.1 Å². The molecule has 0 saturated heterocycles. The van der Waals surface area contributed by atoms with Crippen molar-refractivity contribution in [1.82, 2.24) is 0 Å². The summed E-state index contributed by atoms with van der Waals surface area (Å²) in [5.74, 6) is -2.75. The van der Waals surface area contributed by atoms with Crippen LogP contribution in [0.3, 0.4) is 0 Å². The van der Waals surface area contributed by atoms with Crippen molar-refractivity contribution >= 4 is 40.8 Å². The number of carboxylic acid groups (broad SMARTS) is 2. The van der Waals surface area contributed by atoms with Crippen LogP contribution in [0.15, 0.2) is 18.2 Å². The maximum atomic E-state index is 12.5. The van der Waals surface area contributed by atoms with E-state index < -0.39 is 17.8 Å². The summed E-state index contributed by atoms with van der Waals surface area (Å²) < 4.78 is 0. The van der Waals surface area contributed by atoms with Crippen molar-refractivity contribution in [2.24, 2.45) is 0 Å². The van der Waals surface area contributed by atoms with Crippen LogP contribution in [-0.2, 0) is 19.2 Å². The van der Waals surface area contributed by atoms with Crippen molar-refractivity contribution in [3.8, 4) is 0 Å². The second kappa shape index (κ2) is 14.0. The van der Waals surface area contributed by atoms with Gasteiger partial charge in [0.15, 0.2) is 0 Å². The first-order valence-corrected chi connectivity index (χ1v) is 10.3. The standard InChI is InChI=1S/C21H31N3O8/c1-23(19(28)5-3-7-21(31)32)17-9-8-15(24(10-12-25)11-13-26)14-16(17)22-18(27)4-2-6-20(29)30/h8-9,14,25-26H,2-7,10-13H2,1H3,(H,22,27)(H,29,30)(H,31,32). The number of nitrogens with one attached hydrogen (secondary N) is 1. The van der Waals surface area contributed by atoms with E-state index in [0.717, 1.165) is 0 Å². The summed E-state index contributed by atoms with van der Waals surface area (Å²) in [5, 5.41) is 38.8. The Balaban J connectivity index is 3.12. The average molecular weight is 453 g/mol. The van der Waals surface area contributed by atoms with Crippen molar-refractivity contribution in [3.05, 3.63) is 18.2 Å². The zero-order chi connectivity index (χ0) is 24.1. The highest BCUT2D eigenvalue weighted by molar-refractivity contribution is 6.01. The number of aliphatic carboxylic acids is 2. The minimum absolute atomic E-state index is 0.0116. The van der Waals surface area contributed by atoms with Gasteiger partial charge in [-0.25, -0.2) is 0 Å². The van der Waals surface area contributed by atoms with Gasteiger partial charge in [-0.05, 0) is 31.0 Å². The molecule has 0 atom stereocenters. The molecule has 11 heteroatoms. The van der Waals surface area contributed by atoms with Crippen LogP contribution in [0.25, 0.3) is 0 Å². The highest BCUT2D eigenvalue weighted by Crippen LogP contribution is 2.31. The number of aliphatic hydroxyl groups is 2. The Morgan fingerprint density at radius 3 is 1.97 bits per heavy atom. The van der Waals surface area contributed by atoms with Crippen molar-refractivity contribution in [2.45, 2.75) is 38.5 Å². The Bertz CT molecular complexity index is 793. The number of benzene rings is 1. The normalized spacial score (nSPS) is 10.5. The summed E-state index contributed by atoms with van der Waals surface area (Å²) in [6, 6.07) is 4.90. The Morgan fingerprint density at radius 1 is 0.875 bits per heavy atom. The molecule has 0 radical (unpaired) electrons. The second-order valence-electron chi connectivity index (χ2n) is 7.13. The Labute approximate surface area is 186 Å². The van der Waals surface area contributed by atoms with Crippen LogP contribution in [0.1, 0.15) is 38.5 Å². The van der Waals surface area contributed by atoms with Crippen molar-refractivity contribution < 1.29 is 39.6 Å². The number of hydrogen-bond acceptors (Lipinski definition) is 7. The molecule has 1 aromatic carbocycles. The maximum absolute atomic E-state index is 12.5. The summed E-state index contributed by atoms with van der Waals surface area (Å²) in [4.78, 5) is 49.2. The fraction of sp³-hybridized carbons (Fsp3) is 0.524. The average Bonchev–Trinajstić information content (AvgIpc) is 2.72. The molecule has 0 fully saturated rings. The van der Waals surface area contributed by atoms with E-state index in [2.05, 4.69) is 5.32 Å². The number of carbonyl (C=O) groups excluding carboxylic acids is 2. The SMILES string of the molecule is CN(C(=O)CCCC(=O)O)c1ccc(N(CCO)CCO)cc1NC(=O)CCCC(=O)O. The van der Waals surface area contributed by atoms with Crippen molar-refractivity contribution in [1.29, 1.82) is 0 Å².